The highest BCUT2D eigenvalue weighted by Crippen LogP contribution is 2.32. The van der Waals surface area contributed by atoms with E-state index in [9.17, 15) is 25.0 Å². The molecule has 10 nitrogen and oxygen atoms in total. The standard InChI is InChI=1S/C16H21BrN4O6/c17-5-4-12-2-3-13(20(23)24)14(15(12)21(25)26)16(22)18-6-1-7-19-8-10-27-11-9-19/h2-3H,1,4-11H2,(H,18,22). The van der Waals surface area contributed by atoms with Gasteiger partial charge in [0.25, 0.3) is 17.3 Å². The summed E-state index contributed by atoms with van der Waals surface area (Å²) >= 11 is 3.20. The van der Waals surface area contributed by atoms with E-state index in [1.165, 1.54) is 6.07 Å². The Kier molecular flexibility index (Phi) is 8.07. The SMILES string of the molecule is O=C(NCCCN1CCOCC1)c1c([N+](=O)[O-])ccc(CCBr)c1[N+](=O)[O-]. The van der Waals surface area contributed by atoms with Gasteiger partial charge in [0.2, 0.25) is 0 Å². The highest BCUT2D eigenvalue weighted by Gasteiger charge is 2.33. The summed E-state index contributed by atoms with van der Waals surface area (Å²) in [6, 6.07) is 2.47. The summed E-state index contributed by atoms with van der Waals surface area (Å²) in [6.07, 6.45) is 0.917. The summed E-state index contributed by atoms with van der Waals surface area (Å²) in [6.45, 7) is 4.00. The zero-order valence-corrected chi connectivity index (χ0v) is 16.3. The lowest BCUT2D eigenvalue weighted by Crippen LogP contribution is -2.38. The number of aryl methyl sites for hydroxylation is 1. The van der Waals surface area contributed by atoms with Crippen LogP contribution in [0.1, 0.15) is 22.3 Å². The molecule has 1 aromatic rings. The molecule has 1 saturated heterocycles. The molecule has 148 valence electrons. The van der Waals surface area contributed by atoms with Gasteiger partial charge < -0.3 is 10.1 Å². The average molecular weight is 445 g/mol. The number of nitrogens with zero attached hydrogens (tertiary/aromatic N) is 3. The molecule has 1 N–H and O–H groups in total. The van der Waals surface area contributed by atoms with Crippen LogP contribution in [0.2, 0.25) is 0 Å². The van der Waals surface area contributed by atoms with Crippen LogP contribution in [0.4, 0.5) is 11.4 Å². The van der Waals surface area contributed by atoms with Crippen molar-refractivity contribution in [2.24, 2.45) is 0 Å². The number of ether oxygens (including phenoxy) is 1. The van der Waals surface area contributed by atoms with Crippen molar-refractivity contribution in [3.8, 4) is 0 Å². The number of nitrogens with one attached hydrogen (secondary N) is 1. The van der Waals surface area contributed by atoms with Crippen LogP contribution in [-0.4, -0.2) is 65.4 Å². The van der Waals surface area contributed by atoms with Crippen molar-refractivity contribution in [1.82, 2.24) is 10.2 Å². The third kappa shape index (κ3) is 5.68. The molecule has 1 aliphatic rings. The van der Waals surface area contributed by atoms with Gasteiger partial charge in [-0.15, -0.1) is 0 Å². The number of carbonyl (C=O) groups is 1. The van der Waals surface area contributed by atoms with Crippen molar-refractivity contribution in [1.29, 1.82) is 0 Å². The Hall–Kier alpha value is -2.11. The number of rotatable bonds is 9. The number of carbonyl (C=O) groups excluding carboxylic acids is 1. The molecule has 0 bridgehead atoms. The average Bonchev–Trinajstić information content (AvgIpc) is 2.65. The normalized spacial score (nSPS) is 14.7. The topological polar surface area (TPSA) is 128 Å². The van der Waals surface area contributed by atoms with Crippen molar-refractivity contribution in [2.75, 3.05) is 44.7 Å². The van der Waals surface area contributed by atoms with Crippen LogP contribution in [0.3, 0.4) is 0 Å². The minimum absolute atomic E-state index is 0.271. The molecule has 0 aromatic heterocycles. The minimum atomic E-state index is -0.799. The maximum Gasteiger partial charge on any atom is 0.292 e. The third-order valence-corrected chi connectivity index (χ3v) is 4.65. The molecule has 1 aliphatic heterocycles. The van der Waals surface area contributed by atoms with E-state index in [1.54, 1.807) is 0 Å². The number of nitro benzene ring substituents is 2. The molecule has 0 unspecified atom stereocenters. The summed E-state index contributed by atoms with van der Waals surface area (Å²) in [5.41, 5.74) is -1.28. The fourth-order valence-electron chi connectivity index (χ4n) is 2.93. The lowest BCUT2D eigenvalue weighted by atomic mass is 10.0. The van der Waals surface area contributed by atoms with Crippen LogP contribution in [-0.2, 0) is 11.2 Å². The van der Waals surface area contributed by atoms with Crippen LogP contribution in [0.25, 0.3) is 0 Å². The molecule has 2 rings (SSSR count). The molecule has 1 fully saturated rings. The molecule has 1 amide bonds. The summed E-state index contributed by atoms with van der Waals surface area (Å²) in [5, 5.41) is 25.8. The van der Waals surface area contributed by atoms with Gasteiger partial charge in [0.05, 0.1) is 23.1 Å². The maximum atomic E-state index is 12.5. The lowest BCUT2D eigenvalue weighted by molar-refractivity contribution is -0.395. The number of halogens is 1. The third-order valence-electron chi connectivity index (χ3n) is 4.25. The van der Waals surface area contributed by atoms with Gasteiger partial charge in [-0.2, -0.15) is 0 Å². The Balaban J connectivity index is 2.13. The van der Waals surface area contributed by atoms with E-state index in [4.69, 9.17) is 4.74 Å². The first-order valence-electron chi connectivity index (χ1n) is 8.54. The zero-order chi connectivity index (χ0) is 19.8. The Bertz CT molecular complexity index is 708. The quantitative estimate of drug-likeness (QED) is 0.266. The fourth-order valence-corrected chi connectivity index (χ4v) is 3.36. The molecule has 0 radical (unpaired) electrons. The predicted octanol–water partition coefficient (Wildman–Crippen LogP) is 1.89. The van der Waals surface area contributed by atoms with E-state index < -0.39 is 32.7 Å². The second-order valence-electron chi connectivity index (χ2n) is 5.98. The van der Waals surface area contributed by atoms with E-state index in [-0.39, 0.29) is 18.5 Å². The number of amides is 1. The van der Waals surface area contributed by atoms with Gasteiger partial charge >= 0.3 is 0 Å². The second kappa shape index (κ2) is 10.3. The number of nitro groups is 2. The Morgan fingerprint density at radius 2 is 1.93 bits per heavy atom. The van der Waals surface area contributed by atoms with Gasteiger partial charge in [0.15, 0.2) is 5.56 Å². The van der Waals surface area contributed by atoms with E-state index >= 15 is 0 Å². The highest BCUT2D eigenvalue weighted by atomic mass is 79.9. The molecule has 0 atom stereocenters. The molecule has 1 heterocycles. The van der Waals surface area contributed by atoms with Crippen LogP contribution >= 0.6 is 15.9 Å². The summed E-state index contributed by atoms with van der Waals surface area (Å²) < 4.78 is 5.26. The maximum absolute atomic E-state index is 12.5. The van der Waals surface area contributed by atoms with Crippen molar-refractivity contribution < 1.29 is 19.4 Å². The van der Waals surface area contributed by atoms with Crippen molar-refractivity contribution in [3.05, 3.63) is 43.5 Å². The Morgan fingerprint density at radius 1 is 1.22 bits per heavy atom. The van der Waals surface area contributed by atoms with Crippen molar-refractivity contribution in [2.45, 2.75) is 12.8 Å². The van der Waals surface area contributed by atoms with Crippen molar-refractivity contribution >= 4 is 33.2 Å². The van der Waals surface area contributed by atoms with Gasteiger partial charge in [0, 0.05) is 36.6 Å². The summed E-state index contributed by atoms with van der Waals surface area (Å²) in [4.78, 5) is 36.0. The van der Waals surface area contributed by atoms with Crippen LogP contribution in [0, 0.1) is 20.2 Å². The minimum Gasteiger partial charge on any atom is -0.379 e. The molecule has 0 saturated carbocycles. The Morgan fingerprint density at radius 3 is 2.52 bits per heavy atom. The Labute approximate surface area is 164 Å². The van der Waals surface area contributed by atoms with Crippen LogP contribution < -0.4 is 5.32 Å². The van der Waals surface area contributed by atoms with Crippen LogP contribution in [0.5, 0.6) is 0 Å². The number of hydrogen-bond acceptors (Lipinski definition) is 7. The molecular weight excluding hydrogens is 424 g/mol. The number of morpholine rings is 1. The van der Waals surface area contributed by atoms with Crippen LogP contribution in [0.15, 0.2) is 12.1 Å². The van der Waals surface area contributed by atoms with Crippen molar-refractivity contribution in [3.63, 3.8) is 0 Å². The number of benzene rings is 1. The zero-order valence-electron chi connectivity index (χ0n) is 14.7. The van der Waals surface area contributed by atoms with Gasteiger partial charge in [-0.1, -0.05) is 15.9 Å². The number of alkyl halides is 1. The molecular formula is C16H21BrN4O6. The monoisotopic (exact) mass is 444 g/mol. The fraction of sp³-hybridized carbons (Fsp3) is 0.562. The first-order valence-corrected chi connectivity index (χ1v) is 9.66. The first kappa shape index (κ1) is 21.2. The van der Waals surface area contributed by atoms with E-state index in [1.807, 2.05) is 0 Å². The number of hydrogen-bond donors (Lipinski definition) is 1. The van der Waals surface area contributed by atoms with E-state index in [0.717, 1.165) is 25.7 Å². The van der Waals surface area contributed by atoms with E-state index in [2.05, 4.69) is 26.1 Å². The summed E-state index contributed by atoms with van der Waals surface area (Å²) in [7, 11) is 0. The molecule has 0 spiro atoms. The van der Waals surface area contributed by atoms with E-state index in [0.29, 0.717) is 25.0 Å². The molecule has 1 aromatic carbocycles. The van der Waals surface area contributed by atoms with Gasteiger partial charge in [-0.25, -0.2) is 0 Å². The van der Waals surface area contributed by atoms with Gasteiger partial charge in [-0.05, 0) is 25.5 Å². The highest BCUT2D eigenvalue weighted by molar-refractivity contribution is 9.09. The summed E-state index contributed by atoms with van der Waals surface area (Å²) in [5.74, 6) is -0.799. The second-order valence-corrected chi connectivity index (χ2v) is 6.78. The van der Waals surface area contributed by atoms with Gasteiger partial charge in [0.1, 0.15) is 0 Å². The molecule has 27 heavy (non-hydrogen) atoms. The largest absolute Gasteiger partial charge is 0.379 e. The molecule has 0 aliphatic carbocycles. The molecule has 11 heteroatoms. The van der Waals surface area contributed by atoms with Gasteiger partial charge in [-0.3, -0.25) is 29.9 Å². The smallest absolute Gasteiger partial charge is 0.292 e. The first-order chi connectivity index (χ1) is 13.0. The predicted molar refractivity (Wildman–Crippen MR) is 101 cm³/mol. The lowest BCUT2D eigenvalue weighted by Gasteiger charge is -2.26.